The maximum Gasteiger partial charge on any atom is 0.269 e. The minimum atomic E-state index is -3.51. The predicted octanol–water partition coefficient (Wildman–Crippen LogP) is 1.85. The van der Waals surface area contributed by atoms with E-state index in [-0.39, 0.29) is 10.6 Å². The molecule has 122 valence electrons. The summed E-state index contributed by atoms with van der Waals surface area (Å²) in [6, 6.07) is 9.26. The van der Waals surface area contributed by atoms with Crippen molar-refractivity contribution < 1.29 is 13.3 Å². The van der Waals surface area contributed by atoms with Crippen molar-refractivity contribution in [3.05, 3.63) is 58.3 Å². The second-order valence-corrected chi connectivity index (χ2v) is 7.10. The molecule has 2 aromatic rings. The van der Waals surface area contributed by atoms with Crippen LogP contribution in [0.15, 0.2) is 47.5 Å². The van der Waals surface area contributed by atoms with E-state index in [0.29, 0.717) is 12.4 Å². The van der Waals surface area contributed by atoms with Gasteiger partial charge in [-0.05, 0) is 17.7 Å². The molecule has 0 bridgehead atoms. The Morgan fingerprint density at radius 3 is 2.57 bits per heavy atom. The van der Waals surface area contributed by atoms with Gasteiger partial charge in [0.2, 0.25) is 10.0 Å². The Morgan fingerprint density at radius 1 is 1.26 bits per heavy atom. The molecule has 8 nitrogen and oxygen atoms in total. The highest BCUT2D eigenvalue weighted by molar-refractivity contribution is 7.89. The molecule has 0 unspecified atom stereocenters. The molecule has 2 rings (SSSR count). The van der Waals surface area contributed by atoms with Gasteiger partial charge in [-0.15, -0.1) is 0 Å². The SMILES string of the molecule is CN(C)S(=O)(=O)c1ccc(NCc2cccc([N+](=O)[O-])c2)nc1. The average Bonchev–Trinajstić information content (AvgIpc) is 2.53. The van der Waals surface area contributed by atoms with Crippen LogP contribution in [0.4, 0.5) is 11.5 Å². The van der Waals surface area contributed by atoms with E-state index in [9.17, 15) is 18.5 Å². The van der Waals surface area contributed by atoms with Crippen LogP contribution in [0.3, 0.4) is 0 Å². The Kier molecular flexibility index (Phi) is 4.92. The number of anilines is 1. The summed E-state index contributed by atoms with van der Waals surface area (Å²) >= 11 is 0. The first kappa shape index (κ1) is 16.8. The van der Waals surface area contributed by atoms with Gasteiger partial charge in [-0.2, -0.15) is 0 Å². The summed E-state index contributed by atoms with van der Waals surface area (Å²) in [6.45, 7) is 0.342. The Bertz CT molecular complexity index is 804. The van der Waals surface area contributed by atoms with Crippen molar-refractivity contribution in [1.29, 1.82) is 0 Å². The summed E-state index contributed by atoms with van der Waals surface area (Å²) in [4.78, 5) is 14.4. The Morgan fingerprint density at radius 2 is 2.00 bits per heavy atom. The molecular weight excluding hydrogens is 320 g/mol. The third-order valence-electron chi connectivity index (χ3n) is 3.11. The van der Waals surface area contributed by atoms with E-state index in [4.69, 9.17) is 0 Å². The van der Waals surface area contributed by atoms with Crippen molar-refractivity contribution in [2.45, 2.75) is 11.4 Å². The van der Waals surface area contributed by atoms with Crippen LogP contribution in [0.25, 0.3) is 0 Å². The highest BCUT2D eigenvalue weighted by atomic mass is 32.2. The smallest absolute Gasteiger partial charge is 0.269 e. The van der Waals surface area contributed by atoms with Crippen LogP contribution in [0.1, 0.15) is 5.56 Å². The van der Waals surface area contributed by atoms with Crippen LogP contribution in [-0.2, 0) is 16.6 Å². The fourth-order valence-corrected chi connectivity index (χ4v) is 2.67. The highest BCUT2D eigenvalue weighted by Gasteiger charge is 2.17. The molecule has 0 aliphatic carbocycles. The summed E-state index contributed by atoms with van der Waals surface area (Å²) in [5, 5.41) is 13.7. The number of nitrogens with one attached hydrogen (secondary N) is 1. The highest BCUT2D eigenvalue weighted by Crippen LogP contribution is 2.16. The van der Waals surface area contributed by atoms with E-state index in [1.807, 2.05) is 0 Å². The van der Waals surface area contributed by atoms with Gasteiger partial charge in [-0.25, -0.2) is 17.7 Å². The molecule has 1 aromatic heterocycles. The van der Waals surface area contributed by atoms with E-state index >= 15 is 0 Å². The zero-order chi connectivity index (χ0) is 17.0. The van der Waals surface area contributed by atoms with Crippen molar-refractivity contribution in [2.75, 3.05) is 19.4 Å². The van der Waals surface area contributed by atoms with E-state index in [0.717, 1.165) is 9.87 Å². The van der Waals surface area contributed by atoms with E-state index < -0.39 is 14.9 Å². The van der Waals surface area contributed by atoms with Gasteiger partial charge in [0.05, 0.1) is 4.92 Å². The molecule has 0 amide bonds. The van der Waals surface area contributed by atoms with Gasteiger partial charge >= 0.3 is 0 Å². The minimum absolute atomic E-state index is 0.0182. The molecular formula is C14H16N4O4S. The van der Waals surface area contributed by atoms with Crippen molar-refractivity contribution in [2.24, 2.45) is 0 Å². The lowest BCUT2D eigenvalue weighted by molar-refractivity contribution is -0.384. The molecule has 0 radical (unpaired) electrons. The number of nitrogens with zero attached hydrogens (tertiary/aromatic N) is 3. The maximum absolute atomic E-state index is 11.9. The number of sulfonamides is 1. The first-order chi connectivity index (χ1) is 10.8. The van der Waals surface area contributed by atoms with Gasteiger partial charge in [-0.3, -0.25) is 10.1 Å². The van der Waals surface area contributed by atoms with Gasteiger partial charge < -0.3 is 5.32 Å². The van der Waals surface area contributed by atoms with Gasteiger partial charge in [0.25, 0.3) is 5.69 Å². The Labute approximate surface area is 134 Å². The third-order valence-corrected chi connectivity index (χ3v) is 4.91. The zero-order valence-corrected chi connectivity index (χ0v) is 13.4. The van der Waals surface area contributed by atoms with Gasteiger partial charge in [-0.1, -0.05) is 12.1 Å². The Balaban J connectivity index is 2.08. The molecule has 1 N–H and O–H groups in total. The number of rotatable bonds is 6. The zero-order valence-electron chi connectivity index (χ0n) is 12.6. The molecule has 0 saturated heterocycles. The van der Waals surface area contributed by atoms with Crippen molar-refractivity contribution in [3.8, 4) is 0 Å². The van der Waals surface area contributed by atoms with Crippen LogP contribution in [0.5, 0.6) is 0 Å². The number of pyridine rings is 1. The van der Waals surface area contributed by atoms with Gasteiger partial charge in [0.1, 0.15) is 10.7 Å². The molecule has 0 aliphatic heterocycles. The lowest BCUT2D eigenvalue weighted by Crippen LogP contribution is -2.22. The molecule has 0 aliphatic rings. The fourth-order valence-electron chi connectivity index (χ4n) is 1.82. The molecule has 1 aromatic carbocycles. The van der Waals surface area contributed by atoms with Crippen LogP contribution >= 0.6 is 0 Å². The quantitative estimate of drug-likeness (QED) is 0.637. The van der Waals surface area contributed by atoms with Crippen LogP contribution in [0, 0.1) is 10.1 Å². The lowest BCUT2D eigenvalue weighted by Gasteiger charge is -2.11. The summed E-state index contributed by atoms with van der Waals surface area (Å²) in [5.74, 6) is 0.481. The second kappa shape index (κ2) is 6.71. The standard InChI is InChI=1S/C14H16N4O4S/c1-17(2)23(21,22)13-6-7-14(16-10-13)15-9-11-4-3-5-12(8-11)18(19)20/h3-8,10H,9H2,1-2H3,(H,15,16). The monoisotopic (exact) mass is 336 g/mol. The van der Waals surface area contributed by atoms with Gasteiger partial charge in [0, 0.05) is 39.0 Å². The number of benzene rings is 1. The lowest BCUT2D eigenvalue weighted by atomic mass is 10.2. The van der Waals surface area contributed by atoms with Crippen LogP contribution in [0.2, 0.25) is 0 Å². The van der Waals surface area contributed by atoms with E-state index in [1.165, 1.54) is 38.5 Å². The summed E-state index contributed by atoms with van der Waals surface area (Å²) < 4.78 is 25.0. The number of aromatic nitrogens is 1. The van der Waals surface area contributed by atoms with Crippen molar-refractivity contribution in [1.82, 2.24) is 9.29 Å². The summed E-state index contributed by atoms with van der Waals surface area (Å²) in [5.41, 5.74) is 0.746. The fraction of sp³-hybridized carbons (Fsp3) is 0.214. The van der Waals surface area contributed by atoms with E-state index in [2.05, 4.69) is 10.3 Å². The minimum Gasteiger partial charge on any atom is -0.366 e. The average molecular weight is 336 g/mol. The predicted molar refractivity (Wildman–Crippen MR) is 85.5 cm³/mol. The van der Waals surface area contributed by atoms with E-state index in [1.54, 1.807) is 18.2 Å². The topological polar surface area (TPSA) is 105 Å². The second-order valence-electron chi connectivity index (χ2n) is 4.95. The number of hydrogen-bond donors (Lipinski definition) is 1. The number of hydrogen-bond acceptors (Lipinski definition) is 6. The molecule has 0 atom stereocenters. The summed E-state index contributed by atoms with van der Waals surface area (Å²) in [6.07, 6.45) is 1.27. The number of nitro benzene ring substituents is 1. The maximum atomic E-state index is 11.9. The molecule has 9 heteroatoms. The molecule has 0 saturated carbocycles. The van der Waals surface area contributed by atoms with Crippen molar-refractivity contribution in [3.63, 3.8) is 0 Å². The normalized spacial score (nSPS) is 11.4. The molecule has 23 heavy (non-hydrogen) atoms. The molecule has 0 spiro atoms. The van der Waals surface area contributed by atoms with Crippen molar-refractivity contribution >= 4 is 21.5 Å². The third kappa shape index (κ3) is 4.02. The first-order valence-corrected chi connectivity index (χ1v) is 8.10. The Hall–Kier alpha value is -2.52. The number of non-ortho nitro benzene ring substituents is 1. The first-order valence-electron chi connectivity index (χ1n) is 6.66. The van der Waals surface area contributed by atoms with Crippen LogP contribution in [-0.4, -0.2) is 36.7 Å². The molecule has 1 heterocycles. The summed E-state index contributed by atoms with van der Waals surface area (Å²) in [7, 11) is -0.611. The van der Waals surface area contributed by atoms with Gasteiger partial charge in [0.15, 0.2) is 0 Å². The largest absolute Gasteiger partial charge is 0.366 e. The van der Waals surface area contributed by atoms with Crippen LogP contribution < -0.4 is 5.32 Å². The number of nitro groups is 1. The molecule has 0 fully saturated rings.